The number of rotatable bonds is 4. The molecular formula is C20H20ClN3O2S. The van der Waals surface area contributed by atoms with Gasteiger partial charge in [-0.1, -0.05) is 30.7 Å². The van der Waals surface area contributed by atoms with Gasteiger partial charge in [-0.3, -0.25) is 14.2 Å². The minimum absolute atomic E-state index is 0.0383. The molecular weight excluding hydrogens is 382 g/mol. The molecule has 27 heavy (non-hydrogen) atoms. The summed E-state index contributed by atoms with van der Waals surface area (Å²) in [6.07, 6.45) is 4.50. The lowest BCUT2D eigenvalue weighted by molar-refractivity contribution is -0.121. The molecule has 1 amide bonds. The number of nitrogens with zero attached hydrogens (tertiary/aromatic N) is 2. The summed E-state index contributed by atoms with van der Waals surface area (Å²) in [4.78, 5) is 31.7. The standard InChI is InChI=1S/C20H20ClN3O2S/c1-12-5-6-15-16(7-12)27-19-18(15)20(26)24(11-23-19)10-17(25)22-9-13-3-2-4-14(21)8-13/h2-4,8,11-12H,5-7,9-10H2,1H3,(H,22,25). The Labute approximate surface area is 166 Å². The third-order valence-corrected chi connectivity index (χ3v) is 6.37. The molecule has 1 aliphatic rings. The van der Waals surface area contributed by atoms with Crippen LogP contribution in [0.5, 0.6) is 0 Å². The molecule has 0 spiro atoms. The second-order valence-corrected chi connectivity index (χ2v) is 8.64. The highest BCUT2D eigenvalue weighted by molar-refractivity contribution is 7.18. The molecule has 2 aromatic heterocycles. The second-order valence-electron chi connectivity index (χ2n) is 7.12. The van der Waals surface area contributed by atoms with Crippen molar-refractivity contribution < 1.29 is 4.79 Å². The maximum Gasteiger partial charge on any atom is 0.262 e. The van der Waals surface area contributed by atoms with Gasteiger partial charge in [0.1, 0.15) is 11.4 Å². The Bertz CT molecular complexity index is 1070. The SMILES string of the molecule is CC1CCc2c(sc3ncn(CC(=O)NCc4cccc(Cl)c4)c(=O)c23)C1. The minimum atomic E-state index is -0.226. The van der Waals surface area contributed by atoms with Crippen molar-refractivity contribution >= 4 is 39.1 Å². The number of thiophene rings is 1. The van der Waals surface area contributed by atoms with E-state index in [1.807, 2.05) is 12.1 Å². The number of halogens is 1. The molecule has 0 fully saturated rings. The quantitative estimate of drug-likeness (QED) is 0.727. The normalized spacial score (nSPS) is 16.3. The van der Waals surface area contributed by atoms with Crippen LogP contribution in [0, 0.1) is 5.92 Å². The zero-order valence-corrected chi connectivity index (χ0v) is 16.6. The van der Waals surface area contributed by atoms with Gasteiger partial charge in [-0.25, -0.2) is 4.98 Å². The van der Waals surface area contributed by atoms with Crippen molar-refractivity contribution in [3.63, 3.8) is 0 Å². The summed E-state index contributed by atoms with van der Waals surface area (Å²) < 4.78 is 1.40. The first-order valence-electron chi connectivity index (χ1n) is 9.02. The van der Waals surface area contributed by atoms with Crippen LogP contribution >= 0.6 is 22.9 Å². The summed E-state index contributed by atoms with van der Waals surface area (Å²) in [5, 5.41) is 4.16. The third kappa shape index (κ3) is 3.77. The molecule has 0 saturated heterocycles. The molecule has 4 rings (SSSR count). The van der Waals surface area contributed by atoms with E-state index in [0.29, 0.717) is 22.9 Å². The largest absolute Gasteiger partial charge is 0.350 e. The highest BCUT2D eigenvalue weighted by atomic mass is 35.5. The monoisotopic (exact) mass is 401 g/mol. The molecule has 2 heterocycles. The van der Waals surface area contributed by atoms with E-state index in [-0.39, 0.29) is 18.0 Å². The number of carbonyl (C=O) groups excluding carboxylic acids is 1. The van der Waals surface area contributed by atoms with Crippen molar-refractivity contribution in [1.82, 2.24) is 14.9 Å². The number of aromatic nitrogens is 2. The highest BCUT2D eigenvalue weighted by Gasteiger charge is 2.23. The third-order valence-electron chi connectivity index (χ3n) is 4.97. The molecule has 1 atom stereocenters. The summed E-state index contributed by atoms with van der Waals surface area (Å²) in [6, 6.07) is 7.33. The van der Waals surface area contributed by atoms with E-state index in [4.69, 9.17) is 11.6 Å². The van der Waals surface area contributed by atoms with E-state index < -0.39 is 0 Å². The number of benzene rings is 1. The van der Waals surface area contributed by atoms with Gasteiger partial charge in [0.25, 0.3) is 5.56 Å². The van der Waals surface area contributed by atoms with Gasteiger partial charge >= 0.3 is 0 Å². The number of nitrogens with one attached hydrogen (secondary N) is 1. The Kier molecular flexibility index (Phi) is 5.02. The van der Waals surface area contributed by atoms with Crippen LogP contribution < -0.4 is 10.9 Å². The van der Waals surface area contributed by atoms with E-state index in [9.17, 15) is 9.59 Å². The van der Waals surface area contributed by atoms with Crippen molar-refractivity contribution in [3.8, 4) is 0 Å². The predicted molar refractivity (Wildman–Crippen MR) is 108 cm³/mol. The van der Waals surface area contributed by atoms with Crippen molar-refractivity contribution in [2.75, 3.05) is 0 Å². The predicted octanol–water partition coefficient (Wildman–Crippen LogP) is 3.55. The fourth-order valence-corrected chi connectivity index (χ4v) is 5.09. The van der Waals surface area contributed by atoms with Gasteiger partial charge < -0.3 is 5.32 Å². The lowest BCUT2D eigenvalue weighted by atomic mass is 9.89. The first kappa shape index (κ1) is 18.2. The lowest BCUT2D eigenvalue weighted by Gasteiger charge is -2.17. The van der Waals surface area contributed by atoms with Crippen molar-refractivity contribution in [3.05, 3.63) is 62.0 Å². The zero-order valence-electron chi connectivity index (χ0n) is 15.0. The lowest BCUT2D eigenvalue weighted by Crippen LogP contribution is -2.32. The van der Waals surface area contributed by atoms with E-state index in [0.717, 1.165) is 35.2 Å². The molecule has 1 N–H and O–H groups in total. The Hall–Kier alpha value is -2.18. The molecule has 1 unspecified atom stereocenters. The maximum absolute atomic E-state index is 12.9. The summed E-state index contributed by atoms with van der Waals surface area (Å²) in [5.74, 6) is 0.418. The van der Waals surface area contributed by atoms with Gasteiger partial charge in [0.05, 0.1) is 11.7 Å². The van der Waals surface area contributed by atoms with Gasteiger partial charge in [-0.05, 0) is 48.4 Å². The molecule has 5 nitrogen and oxygen atoms in total. The Morgan fingerprint density at radius 2 is 2.30 bits per heavy atom. The first-order valence-corrected chi connectivity index (χ1v) is 10.2. The zero-order chi connectivity index (χ0) is 19.0. The van der Waals surface area contributed by atoms with Crippen LogP contribution in [-0.2, 0) is 30.7 Å². The Morgan fingerprint density at radius 1 is 1.44 bits per heavy atom. The van der Waals surface area contributed by atoms with Crippen LogP contribution in [0.3, 0.4) is 0 Å². The average Bonchev–Trinajstić information content (AvgIpc) is 3.00. The second kappa shape index (κ2) is 7.44. The minimum Gasteiger partial charge on any atom is -0.350 e. The Balaban J connectivity index is 1.53. The molecule has 0 aliphatic heterocycles. The summed E-state index contributed by atoms with van der Waals surface area (Å²) in [5.41, 5.74) is 1.93. The molecule has 0 saturated carbocycles. The van der Waals surface area contributed by atoms with Crippen molar-refractivity contribution in [1.29, 1.82) is 0 Å². The van der Waals surface area contributed by atoms with Crippen LogP contribution in [0.2, 0.25) is 5.02 Å². The van der Waals surface area contributed by atoms with E-state index in [1.165, 1.54) is 15.8 Å². The van der Waals surface area contributed by atoms with Crippen LogP contribution in [-0.4, -0.2) is 15.5 Å². The summed E-state index contributed by atoms with van der Waals surface area (Å²) >= 11 is 7.57. The average molecular weight is 402 g/mol. The molecule has 0 bridgehead atoms. The number of hydrogen-bond donors (Lipinski definition) is 1. The molecule has 1 aliphatic carbocycles. The topological polar surface area (TPSA) is 64.0 Å². The van der Waals surface area contributed by atoms with E-state index in [2.05, 4.69) is 17.2 Å². The fourth-order valence-electron chi connectivity index (χ4n) is 3.54. The summed E-state index contributed by atoms with van der Waals surface area (Å²) in [6.45, 7) is 2.57. The smallest absolute Gasteiger partial charge is 0.262 e. The number of hydrogen-bond acceptors (Lipinski definition) is 4. The number of aryl methyl sites for hydroxylation is 1. The molecule has 7 heteroatoms. The van der Waals surface area contributed by atoms with E-state index >= 15 is 0 Å². The van der Waals surface area contributed by atoms with Crippen molar-refractivity contribution in [2.45, 2.75) is 39.3 Å². The van der Waals surface area contributed by atoms with Gasteiger partial charge in [0.15, 0.2) is 0 Å². The molecule has 140 valence electrons. The molecule has 1 aromatic carbocycles. The van der Waals surface area contributed by atoms with Crippen LogP contribution in [0.25, 0.3) is 10.2 Å². The van der Waals surface area contributed by atoms with Gasteiger partial charge in [0, 0.05) is 16.4 Å². The van der Waals surface area contributed by atoms with Gasteiger partial charge in [0.2, 0.25) is 5.91 Å². The number of carbonyl (C=O) groups is 1. The van der Waals surface area contributed by atoms with E-state index in [1.54, 1.807) is 23.5 Å². The van der Waals surface area contributed by atoms with Gasteiger partial charge in [-0.2, -0.15) is 0 Å². The van der Waals surface area contributed by atoms with Crippen LogP contribution in [0.15, 0.2) is 35.4 Å². The number of amides is 1. The highest BCUT2D eigenvalue weighted by Crippen LogP contribution is 2.35. The van der Waals surface area contributed by atoms with Crippen LogP contribution in [0.1, 0.15) is 29.3 Å². The summed E-state index contributed by atoms with van der Waals surface area (Å²) in [7, 11) is 0. The van der Waals surface area contributed by atoms with Crippen molar-refractivity contribution in [2.24, 2.45) is 5.92 Å². The molecule has 0 radical (unpaired) electrons. The molecule has 3 aromatic rings. The first-order chi connectivity index (χ1) is 13.0. The van der Waals surface area contributed by atoms with Crippen LogP contribution in [0.4, 0.5) is 0 Å². The van der Waals surface area contributed by atoms with Gasteiger partial charge in [-0.15, -0.1) is 11.3 Å². The Morgan fingerprint density at radius 3 is 3.11 bits per heavy atom. The number of fused-ring (bicyclic) bond motifs is 3. The fraction of sp³-hybridized carbons (Fsp3) is 0.350. The maximum atomic E-state index is 12.9.